The van der Waals surface area contributed by atoms with Crippen molar-refractivity contribution >= 4 is 11.7 Å². The third kappa shape index (κ3) is 3.79. The molecule has 0 atom stereocenters. The predicted octanol–water partition coefficient (Wildman–Crippen LogP) is 1.16. The molecule has 0 N–H and O–H groups in total. The summed E-state index contributed by atoms with van der Waals surface area (Å²) in [6.45, 7) is 2.95. The first-order valence-corrected chi connectivity index (χ1v) is 8.04. The fourth-order valence-electron chi connectivity index (χ4n) is 2.85. The van der Waals surface area contributed by atoms with Crippen molar-refractivity contribution < 1.29 is 9.53 Å². The Morgan fingerprint density at radius 2 is 2.04 bits per heavy atom. The second kappa shape index (κ2) is 7.72. The lowest BCUT2D eigenvalue weighted by atomic mass is 10.2. The Labute approximate surface area is 141 Å². The lowest BCUT2D eigenvalue weighted by Crippen LogP contribution is -2.36. The van der Waals surface area contributed by atoms with E-state index >= 15 is 0 Å². The lowest BCUT2D eigenvalue weighted by molar-refractivity contribution is -0.130. The topological polar surface area (TPSA) is 71.5 Å². The summed E-state index contributed by atoms with van der Waals surface area (Å²) in [5, 5.41) is 0. The second-order valence-corrected chi connectivity index (χ2v) is 5.65. The van der Waals surface area contributed by atoms with E-state index < -0.39 is 0 Å². The first-order chi connectivity index (χ1) is 11.8. The van der Waals surface area contributed by atoms with Gasteiger partial charge in [-0.15, -0.1) is 0 Å². The van der Waals surface area contributed by atoms with Gasteiger partial charge < -0.3 is 14.5 Å². The predicted molar refractivity (Wildman–Crippen MR) is 89.9 cm³/mol. The van der Waals surface area contributed by atoms with Gasteiger partial charge in [0.25, 0.3) is 5.88 Å². The number of hydrogen-bond donors (Lipinski definition) is 0. The van der Waals surface area contributed by atoms with E-state index in [1.165, 1.54) is 0 Å². The number of methoxy groups -OCH3 is 1. The number of carbonyl (C=O) groups is 1. The first-order valence-electron chi connectivity index (χ1n) is 8.04. The minimum Gasteiger partial charge on any atom is -0.478 e. The Balaban J connectivity index is 1.63. The summed E-state index contributed by atoms with van der Waals surface area (Å²) >= 11 is 0. The molecule has 0 spiro atoms. The summed E-state index contributed by atoms with van der Waals surface area (Å²) in [5.74, 6) is 1.39. The molecule has 126 valence electrons. The van der Waals surface area contributed by atoms with Crippen LogP contribution in [0, 0.1) is 0 Å². The molecule has 2 aromatic heterocycles. The van der Waals surface area contributed by atoms with Gasteiger partial charge in [0, 0.05) is 51.0 Å². The molecule has 7 heteroatoms. The quantitative estimate of drug-likeness (QED) is 0.839. The van der Waals surface area contributed by atoms with Crippen molar-refractivity contribution in [3.63, 3.8) is 0 Å². The van der Waals surface area contributed by atoms with E-state index in [9.17, 15) is 4.79 Å². The SMILES string of the molecule is COc1nccnc1N1CCCN(C(=O)Cc2cccnc2)CC1. The van der Waals surface area contributed by atoms with Gasteiger partial charge in [-0.1, -0.05) is 6.07 Å². The largest absolute Gasteiger partial charge is 0.478 e. The number of rotatable bonds is 4. The van der Waals surface area contributed by atoms with Crippen molar-refractivity contribution in [2.24, 2.45) is 0 Å². The fourth-order valence-corrected chi connectivity index (χ4v) is 2.85. The van der Waals surface area contributed by atoms with E-state index in [1.54, 1.807) is 31.9 Å². The van der Waals surface area contributed by atoms with Gasteiger partial charge >= 0.3 is 0 Å². The highest BCUT2D eigenvalue weighted by Crippen LogP contribution is 2.23. The number of hydrogen-bond acceptors (Lipinski definition) is 6. The molecule has 1 aliphatic rings. The van der Waals surface area contributed by atoms with Crippen LogP contribution in [0.5, 0.6) is 5.88 Å². The zero-order chi connectivity index (χ0) is 16.8. The Hall–Kier alpha value is -2.70. The average Bonchev–Trinajstić information content (AvgIpc) is 2.88. The fraction of sp³-hybridized carbons (Fsp3) is 0.412. The third-order valence-electron chi connectivity index (χ3n) is 4.07. The summed E-state index contributed by atoms with van der Waals surface area (Å²) in [7, 11) is 1.59. The van der Waals surface area contributed by atoms with Crippen LogP contribution in [0.15, 0.2) is 36.9 Å². The van der Waals surface area contributed by atoms with Crippen LogP contribution in [-0.4, -0.2) is 59.0 Å². The maximum absolute atomic E-state index is 12.5. The molecule has 0 aromatic carbocycles. The molecule has 1 aliphatic heterocycles. The molecule has 1 saturated heterocycles. The van der Waals surface area contributed by atoms with Crippen molar-refractivity contribution in [2.45, 2.75) is 12.8 Å². The lowest BCUT2D eigenvalue weighted by Gasteiger charge is -2.23. The van der Waals surface area contributed by atoms with Gasteiger partial charge in [-0.3, -0.25) is 9.78 Å². The van der Waals surface area contributed by atoms with Gasteiger partial charge in [-0.05, 0) is 18.1 Å². The smallest absolute Gasteiger partial charge is 0.257 e. The Morgan fingerprint density at radius 3 is 2.83 bits per heavy atom. The number of carbonyl (C=O) groups excluding carboxylic acids is 1. The highest BCUT2D eigenvalue weighted by atomic mass is 16.5. The van der Waals surface area contributed by atoms with Crippen LogP contribution in [0.1, 0.15) is 12.0 Å². The van der Waals surface area contributed by atoms with Gasteiger partial charge in [0.2, 0.25) is 5.91 Å². The minimum absolute atomic E-state index is 0.135. The average molecular weight is 327 g/mol. The molecule has 0 radical (unpaired) electrons. The maximum Gasteiger partial charge on any atom is 0.257 e. The first kappa shape index (κ1) is 16.2. The van der Waals surface area contributed by atoms with Gasteiger partial charge in [0.15, 0.2) is 5.82 Å². The molecule has 1 fully saturated rings. The van der Waals surface area contributed by atoms with E-state index in [0.29, 0.717) is 25.4 Å². The number of amides is 1. The molecule has 0 saturated carbocycles. The summed E-state index contributed by atoms with van der Waals surface area (Å²) in [4.78, 5) is 29.2. The highest BCUT2D eigenvalue weighted by Gasteiger charge is 2.22. The Bertz CT molecular complexity index is 680. The molecule has 3 heterocycles. The van der Waals surface area contributed by atoms with E-state index in [2.05, 4.69) is 19.9 Å². The van der Waals surface area contributed by atoms with Crippen LogP contribution in [0.3, 0.4) is 0 Å². The molecule has 0 unspecified atom stereocenters. The van der Waals surface area contributed by atoms with Gasteiger partial charge in [0.05, 0.1) is 13.5 Å². The normalized spacial score (nSPS) is 15.0. The van der Waals surface area contributed by atoms with Gasteiger partial charge in [-0.25, -0.2) is 9.97 Å². The van der Waals surface area contributed by atoms with Crippen molar-refractivity contribution in [3.8, 4) is 5.88 Å². The van der Waals surface area contributed by atoms with Crippen LogP contribution in [0.25, 0.3) is 0 Å². The van der Waals surface area contributed by atoms with Crippen LogP contribution >= 0.6 is 0 Å². The third-order valence-corrected chi connectivity index (χ3v) is 4.07. The summed E-state index contributed by atoms with van der Waals surface area (Å²) in [6, 6.07) is 3.78. The van der Waals surface area contributed by atoms with E-state index in [1.807, 2.05) is 17.0 Å². The van der Waals surface area contributed by atoms with Crippen molar-refractivity contribution in [2.75, 3.05) is 38.2 Å². The summed E-state index contributed by atoms with van der Waals surface area (Å²) in [6.07, 6.45) is 8.01. The van der Waals surface area contributed by atoms with Gasteiger partial charge in [0.1, 0.15) is 0 Å². The Kier molecular flexibility index (Phi) is 5.20. The van der Waals surface area contributed by atoms with E-state index in [-0.39, 0.29) is 5.91 Å². The van der Waals surface area contributed by atoms with Crippen LogP contribution in [0.2, 0.25) is 0 Å². The Morgan fingerprint density at radius 1 is 1.17 bits per heavy atom. The van der Waals surface area contributed by atoms with Crippen molar-refractivity contribution in [1.82, 2.24) is 19.9 Å². The molecular formula is C17H21N5O2. The van der Waals surface area contributed by atoms with Crippen molar-refractivity contribution in [3.05, 3.63) is 42.5 Å². The molecule has 2 aromatic rings. The van der Waals surface area contributed by atoms with Crippen LogP contribution in [0.4, 0.5) is 5.82 Å². The zero-order valence-electron chi connectivity index (χ0n) is 13.8. The highest BCUT2D eigenvalue weighted by molar-refractivity contribution is 5.78. The molecule has 24 heavy (non-hydrogen) atoms. The molecule has 7 nitrogen and oxygen atoms in total. The number of ether oxygens (including phenoxy) is 1. The molecule has 0 bridgehead atoms. The van der Waals surface area contributed by atoms with Crippen molar-refractivity contribution in [1.29, 1.82) is 0 Å². The number of nitrogens with zero attached hydrogens (tertiary/aromatic N) is 5. The van der Waals surface area contributed by atoms with E-state index in [0.717, 1.165) is 30.9 Å². The second-order valence-electron chi connectivity index (χ2n) is 5.65. The standard InChI is InChI=1S/C17H21N5O2/c1-24-17-16(19-6-7-20-17)22-9-3-8-21(10-11-22)15(23)12-14-4-2-5-18-13-14/h2,4-7,13H,3,8-12H2,1H3. The maximum atomic E-state index is 12.5. The zero-order valence-corrected chi connectivity index (χ0v) is 13.8. The number of anilines is 1. The molecule has 3 rings (SSSR count). The molecular weight excluding hydrogens is 306 g/mol. The monoisotopic (exact) mass is 327 g/mol. The summed E-state index contributed by atoms with van der Waals surface area (Å²) < 4.78 is 5.29. The summed E-state index contributed by atoms with van der Waals surface area (Å²) in [5.41, 5.74) is 0.944. The van der Waals surface area contributed by atoms with Crippen LogP contribution in [-0.2, 0) is 11.2 Å². The molecule has 0 aliphatic carbocycles. The molecule has 1 amide bonds. The van der Waals surface area contributed by atoms with Gasteiger partial charge in [-0.2, -0.15) is 0 Å². The van der Waals surface area contributed by atoms with Crippen LogP contribution < -0.4 is 9.64 Å². The number of aromatic nitrogens is 3. The number of pyridine rings is 1. The minimum atomic E-state index is 0.135. The van der Waals surface area contributed by atoms with E-state index in [4.69, 9.17) is 4.74 Å².